The fraction of sp³-hybridized carbons (Fsp3) is 0.350. The quantitative estimate of drug-likeness (QED) is 0.760. The second kappa shape index (κ2) is 9.33. The summed E-state index contributed by atoms with van der Waals surface area (Å²) >= 11 is 5.96. The molecule has 2 aromatic rings. The molecule has 0 saturated carbocycles. The zero-order valence-electron chi connectivity index (χ0n) is 14.8. The van der Waals surface area contributed by atoms with E-state index in [1.165, 1.54) is 0 Å². The van der Waals surface area contributed by atoms with Gasteiger partial charge in [0, 0.05) is 17.1 Å². The molecule has 0 bridgehead atoms. The molecule has 0 fully saturated rings. The molecule has 0 radical (unpaired) electrons. The summed E-state index contributed by atoms with van der Waals surface area (Å²) in [5, 5.41) is 3.61. The van der Waals surface area contributed by atoms with E-state index in [2.05, 4.69) is 19.2 Å². The van der Waals surface area contributed by atoms with Crippen molar-refractivity contribution in [3.05, 3.63) is 58.6 Å². The van der Waals surface area contributed by atoms with Crippen molar-refractivity contribution in [2.45, 2.75) is 20.3 Å². The van der Waals surface area contributed by atoms with Crippen molar-refractivity contribution in [1.29, 1.82) is 0 Å². The van der Waals surface area contributed by atoms with E-state index in [0.29, 0.717) is 41.2 Å². The van der Waals surface area contributed by atoms with E-state index in [0.717, 1.165) is 12.0 Å². The van der Waals surface area contributed by atoms with Crippen molar-refractivity contribution in [3.63, 3.8) is 0 Å². The third kappa shape index (κ3) is 5.98. The molecule has 25 heavy (non-hydrogen) atoms. The highest BCUT2D eigenvalue weighted by molar-refractivity contribution is 6.30. The van der Waals surface area contributed by atoms with Gasteiger partial charge in [0.25, 0.3) is 5.91 Å². The summed E-state index contributed by atoms with van der Waals surface area (Å²) in [6.07, 6.45) is 0.721. The third-order valence-corrected chi connectivity index (χ3v) is 3.82. The summed E-state index contributed by atoms with van der Waals surface area (Å²) in [5.41, 5.74) is 1.63. The Bertz CT molecular complexity index is 716. The van der Waals surface area contributed by atoms with Crippen molar-refractivity contribution in [3.8, 4) is 11.5 Å². The van der Waals surface area contributed by atoms with Gasteiger partial charge >= 0.3 is 0 Å². The van der Waals surface area contributed by atoms with Crippen LogP contribution in [-0.4, -0.2) is 26.2 Å². The van der Waals surface area contributed by atoms with Gasteiger partial charge < -0.3 is 14.8 Å². The zero-order chi connectivity index (χ0) is 18.2. The minimum absolute atomic E-state index is 0.143. The molecule has 1 N–H and O–H groups in total. The first-order valence-electron chi connectivity index (χ1n) is 8.33. The molecule has 1 amide bonds. The van der Waals surface area contributed by atoms with Crippen LogP contribution in [-0.2, 0) is 6.42 Å². The van der Waals surface area contributed by atoms with Gasteiger partial charge in [0.2, 0.25) is 0 Å². The summed E-state index contributed by atoms with van der Waals surface area (Å²) in [4.78, 5) is 12.3. The number of methoxy groups -OCH3 is 1. The number of carbonyl (C=O) groups excluding carboxylic acids is 1. The molecular weight excluding hydrogens is 338 g/mol. The van der Waals surface area contributed by atoms with Gasteiger partial charge in [0.1, 0.15) is 0 Å². The summed E-state index contributed by atoms with van der Waals surface area (Å²) in [5.74, 6) is 1.48. The number of carbonyl (C=O) groups is 1. The normalized spacial score (nSPS) is 10.6. The van der Waals surface area contributed by atoms with Gasteiger partial charge in [-0.25, -0.2) is 0 Å². The molecule has 2 rings (SSSR count). The van der Waals surface area contributed by atoms with E-state index >= 15 is 0 Å². The highest BCUT2D eigenvalue weighted by atomic mass is 35.5. The highest BCUT2D eigenvalue weighted by Crippen LogP contribution is 2.28. The first-order chi connectivity index (χ1) is 12.0. The Morgan fingerprint density at radius 2 is 1.96 bits per heavy atom. The van der Waals surface area contributed by atoms with Crippen LogP contribution in [0.25, 0.3) is 0 Å². The molecule has 0 spiro atoms. The van der Waals surface area contributed by atoms with Crippen molar-refractivity contribution >= 4 is 17.5 Å². The molecule has 0 aromatic heterocycles. The van der Waals surface area contributed by atoms with Crippen LogP contribution in [0.15, 0.2) is 42.5 Å². The lowest BCUT2D eigenvalue weighted by Crippen LogP contribution is -2.25. The summed E-state index contributed by atoms with van der Waals surface area (Å²) in [6, 6.07) is 12.8. The lowest BCUT2D eigenvalue weighted by Gasteiger charge is -2.13. The summed E-state index contributed by atoms with van der Waals surface area (Å²) < 4.78 is 11.0. The number of rotatable bonds is 8. The number of ether oxygens (including phenoxy) is 2. The minimum Gasteiger partial charge on any atom is -0.493 e. The molecular formula is C20H24ClNO3. The lowest BCUT2D eigenvalue weighted by molar-refractivity contribution is 0.0953. The first-order valence-corrected chi connectivity index (χ1v) is 8.71. The van der Waals surface area contributed by atoms with Crippen molar-refractivity contribution in [2.75, 3.05) is 20.3 Å². The monoisotopic (exact) mass is 361 g/mol. The SMILES string of the molecule is COc1cc(C(=O)NCCc2cccc(Cl)c2)ccc1OCC(C)C. The number of hydrogen-bond donors (Lipinski definition) is 1. The van der Waals surface area contributed by atoms with Crippen LogP contribution in [0.4, 0.5) is 0 Å². The maximum atomic E-state index is 12.3. The lowest BCUT2D eigenvalue weighted by atomic mass is 10.1. The maximum absolute atomic E-state index is 12.3. The predicted octanol–water partition coefficient (Wildman–Crippen LogP) is 4.36. The Kier molecular flexibility index (Phi) is 7.14. The second-order valence-corrected chi connectivity index (χ2v) is 6.64. The maximum Gasteiger partial charge on any atom is 0.251 e. The van der Waals surface area contributed by atoms with E-state index in [1.807, 2.05) is 24.3 Å². The number of hydrogen-bond acceptors (Lipinski definition) is 3. The molecule has 0 aliphatic carbocycles. The average molecular weight is 362 g/mol. The van der Waals surface area contributed by atoms with E-state index in [1.54, 1.807) is 25.3 Å². The predicted molar refractivity (Wildman–Crippen MR) is 101 cm³/mol. The number of nitrogens with one attached hydrogen (secondary N) is 1. The number of benzene rings is 2. The van der Waals surface area contributed by atoms with Gasteiger partial charge in [-0.1, -0.05) is 37.6 Å². The van der Waals surface area contributed by atoms with Crippen molar-refractivity contribution in [1.82, 2.24) is 5.32 Å². The molecule has 0 heterocycles. The average Bonchev–Trinajstić information content (AvgIpc) is 2.59. The van der Waals surface area contributed by atoms with Crippen molar-refractivity contribution < 1.29 is 14.3 Å². The van der Waals surface area contributed by atoms with Crippen LogP contribution in [0, 0.1) is 5.92 Å². The Morgan fingerprint density at radius 1 is 1.16 bits per heavy atom. The van der Waals surface area contributed by atoms with Crippen molar-refractivity contribution in [2.24, 2.45) is 5.92 Å². The van der Waals surface area contributed by atoms with Gasteiger partial charge in [0.05, 0.1) is 13.7 Å². The molecule has 4 nitrogen and oxygen atoms in total. The largest absolute Gasteiger partial charge is 0.493 e. The Morgan fingerprint density at radius 3 is 2.64 bits per heavy atom. The van der Waals surface area contributed by atoms with Gasteiger partial charge in [0.15, 0.2) is 11.5 Å². The van der Waals surface area contributed by atoms with Gasteiger partial charge in [-0.3, -0.25) is 4.79 Å². The van der Waals surface area contributed by atoms with E-state index in [9.17, 15) is 4.79 Å². The second-order valence-electron chi connectivity index (χ2n) is 6.21. The van der Waals surface area contributed by atoms with Crippen LogP contribution in [0.2, 0.25) is 5.02 Å². The smallest absolute Gasteiger partial charge is 0.251 e. The molecule has 0 aliphatic rings. The van der Waals surface area contributed by atoms with Crippen LogP contribution < -0.4 is 14.8 Å². The molecule has 5 heteroatoms. The Balaban J connectivity index is 1.94. The van der Waals surface area contributed by atoms with Crippen LogP contribution in [0.3, 0.4) is 0 Å². The van der Waals surface area contributed by atoms with E-state index < -0.39 is 0 Å². The van der Waals surface area contributed by atoms with Crippen LogP contribution in [0.5, 0.6) is 11.5 Å². The first kappa shape index (κ1) is 19.1. The van der Waals surface area contributed by atoms with Crippen LogP contribution >= 0.6 is 11.6 Å². The molecule has 2 aromatic carbocycles. The summed E-state index contributed by atoms with van der Waals surface area (Å²) in [7, 11) is 1.57. The van der Waals surface area contributed by atoms with Gasteiger partial charge in [-0.2, -0.15) is 0 Å². The number of halogens is 1. The minimum atomic E-state index is -0.143. The molecule has 0 unspecified atom stereocenters. The van der Waals surface area contributed by atoms with E-state index in [-0.39, 0.29) is 5.91 Å². The fourth-order valence-corrected chi connectivity index (χ4v) is 2.51. The summed E-state index contributed by atoms with van der Waals surface area (Å²) in [6.45, 7) is 5.29. The number of amides is 1. The highest BCUT2D eigenvalue weighted by Gasteiger charge is 2.11. The third-order valence-electron chi connectivity index (χ3n) is 3.59. The standard InChI is InChI=1S/C20H24ClNO3/c1-14(2)13-25-18-8-7-16(12-19(18)24-3)20(23)22-10-9-15-5-4-6-17(21)11-15/h4-8,11-12,14H,9-10,13H2,1-3H3,(H,22,23). The van der Waals surface area contributed by atoms with Crippen LogP contribution in [0.1, 0.15) is 29.8 Å². The molecule has 134 valence electrons. The topological polar surface area (TPSA) is 47.6 Å². The van der Waals surface area contributed by atoms with Gasteiger partial charge in [-0.05, 0) is 48.2 Å². The Labute approximate surface area is 154 Å². The van der Waals surface area contributed by atoms with E-state index in [4.69, 9.17) is 21.1 Å². The Hall–Kier alpha value is -2.20. The zero-order valence-corrected chi connectivity index (χ0v) is 15.6. The molecule has 0 saturated heterocycles. The molecule has 0 aliphatic heterocycles. The fourth-order valence-electron chi connectivity index (χ4n) is 2.30. The molecule has 0 atom stereocenters. The van der Waals surface area contributed by atoms with Gasteiger partial charge in [-0.15, -0.1) is 0 Å².